The van der Waals surface area contributed by atoms with E-state index in [9.17, 15) is 14.9 Å². The van der Waals surface area contributed by atoms with Gasteiger partial charge < -0.3 is 10.6 Å². The Balaban J connectivity index is 2.11. The van der Waals surface area contributed by atoms with E-state index in [1.165, 1.54) is 12.5 Å². The molecule has 0 heterocycles. The fourth-order valence-electron chi connectivity index (χ4n) is 2.29. The molecule has 1 aliphatic rings. The molecule has 6 heteroatoms. The highest BCUT2D eigenvalue weighted by molar-refractivity contribution is 5.99. The summed E-state index contributed by atoms with van der Waals surface area (Å²) in [6.07, 6.45) is 4.40. The lowest BCUT2D eigenvalue weighted by molar-refractivity contribution is -0.385. The summed E-state index contributed by atoms with van der Waals surface area (Å²) in [7, 11) is 0. The summed E-state index contributed by atoms with van der Waals surface area (Å²) >= 11 is 0. The number of hydrogen-bond donors (Lipinski definition) is 2. The average molecular weight is 291 g/mol. The van der Waals surface area contributed by atoms with Gasteiger partial charge in [0, 0.05) is 24.8 Å². The molecule has 1 fully saturated rings. The quantitative estimate of drug-likeness (QED) is 0.597. The van der Waals surface area contributed by atoms with Gasteiger partial charge in [-0.1, -0.05) is 13.3 Å². The number of carbonyl (C=O) groups excluding carboxylic acids is 1. The van der Waals surface area contributed by atoms with Crippen molar-refractivity contribution >= 4 is 17.3 Å². The van der Waals surface area contributed by atoms with Crippen molar-refractivity contribution in [2.75, 3.05) is 18.4 Å². The summed E-state index contributed by atoms with van der Waals surface area (Å²) in [6.45, 7) is 3.40. The molecule has 0 bridgehead atoms. The number of amides is 1. The van der Waals surface area contributed by atoms with E-state index >= 15 is 0 Å². The molecule has 2 rings (SSSR count). The van der Waals surface area contributed by atoms with Crippen molar-refractivity contribution in [3.05, 3.63) is 33.9 Å². The molecule has 114 valence electrons. The fourth-order valence-corrected chi connectivity index (χ4v) is 2.29. The largest absolute Gasteiger partial charge is 0.385 e. The van der Waals surface area contributed by atoms with E-state index in [1.54, 1.807) is 12.1 Å². The third kappa shape index (κ3) is 3.93. The standard InChI is InChI=1S/C15H21N3O3/c1-2-8-16-12-6-7-14(18(20)21)13(9-12)15(19)17-10-11-4-3-5-11/h6-7,9,11,16H,2-5,8,10H2,1H3,(H,17,19). The van der Waals surface area contributed by atoms with Gasteiger partial charge >= 0.3 is 0 Å². The second kappa shape index (κ2) is 7.06. The topological polar surface area (TPSA) is 84.3 Å². The molecule has 1 aromatic rings. The maximum atomic E-state index is 12.2. The highest BCUT2D eigenvalue weighted by Crippen LogP contribution is 2.26. The minimum atomic E-state index is -0.512. The van der Waals surface area contributed by atoms with Gasteiger partial charge in [0.05, 0.1) is 4.92 Å². The Labute approximate surface area is 124 Å². The van der Waals surface area contributed by atoms with Gasteiger partial charge in [0.15, 0.2) is 0 Å². The van der Waals surface area contributed by atoms with Crippen LogP contribution in [-0.2, 0) is 0 Å². The summed E-state index contributed by atoms with van der Waals surface area (Å²) in [5.41, 5.74) is 0.708. The minimum Gasteiger partial charge on any atom is -0.385 e. The Morgan fingerprint density at radius 1 is 1.43 bits per heavy atom. The lowest BCUT2D eigenvalue weighted by Crippen LogP contribution is -2.32. The molecule has 6 nitrogen and oxygen atoms in total. The van der Waals surface area contributed by atoms with Crippen LogP contribution >= 0.6 is 0 Å². The van der Waals surface area contributed by atoms with Crippen LogP contribution in [0.1, 0.15) is 43.0 Å². The van der Waals surface area contributed by atoms with Gasteiger partial charge in [-0.25, -0.2) is 0 Å². The summed E-state index contributed by atoms with van der Waals surface area (Å²) < 4.78 is 0. The lowest BCUT2D eigenvalue weighted by Gasteiger charge is -2.25. The predicted molar refractivity (Wildman–Crippen MR) is 81.6 cm³/mol. The van der Waals surface area contributed by atoms with Crippen LogP contribution in [0.2, 0.25) is 0 Å². The van der Waals surface area contributed by atoms with Crippen LogP contribution in [0.15, 0.2) is 18.2 Å². The van der Waals surface area contributed by atoms with Crippen molar-refractivity contribution in [2.24, 2.45) is 5.92 Å². The van der Waals surface area contributed by atoms with E-state index in [1.807, 2.05) is 6.92 Å². The molecule has 0 atom stereocenters. The minimum absolute atomic E-state index is 0.125. The van der Waals surface area contributed by atoms with Gasteiger partial charge in [0.1, 0.15) is 5.56 Å². The molecule has 0 saturated heterocycles. The van der Waals surface area contributed by atoms with Crippen molar-refractivity contribution in [3.63, 3.8) is 0 Å². The molecule has 0 spiro atoms. The summed E-state index contributed by atoms with van der Waals surface area (Å²) in [5, 5.41) is 17.0. The van der Waals surface area contributed by atoms with Crippen molar-refractivity contribution in [3.8, 4) is 0 Å². The summed E-state index contributed by atoms with van der Waals surface area (Å²) in [5.74, 6) is 0.156. The predicted octanol–water partition coefficient (Wildman–Crippen LogP) is 2.95. The lowest BCUT2D eigenvalue weighted by atomic mass is 9.85. The van der Waals surface area contributed by atoms with Crippen LogP contribution in [0.4, 0.5) is 11.4 Å². The molecule has 1 amide bonds. The molecule has 0 radical (unpaired) electrons. The molecule has 0 aliphatic heterocycles. The van der Waals surface area contributed by atoms with E-state index in [4.69, 9.17) is 0 Å². The molecular weight excluding hydrogens is 270 g/mol. The van der Waals surface area contributed by atoms with Crippen LogP contribution in [0.25, 0.3) is 0 Å². The first-order valence-corrected chi connectivity index (χ1v) is 7.42. The number of nitrogens with zero attached hydrogens (tertiary/aromatic N) is 1. The highest BCUT2D eigenvalue weighted by Gasteiger charge is 2.23. The number of rotatable bonds is 7. The molecule has 1 saturated carbocycles. The first kappa shape index (κ1) is 15.3. The molecule has 21 heavy (non-hydrogen) atoms. The van der Waals surface area contributed by atoms with Crippen LogP contribution in [-0.4, -0.2) is 23.9 Å². The van der Waals surface area contributed by atoms with Crippen molar-refractivity contribution in [1.29, 1.82) is 0 Å². The molecule has 1 aromatic carbocycles. The SMILES string of the molecule is CCCNc1ccc([N+](=O)[O-])c(C(=O)NCC2CCC2)c1. The maximum Gasteiger partial charge on any atom is 0.282 e. The fraction of sp³-hybridized carbons (Fsp3) is 0.533. The number of anilines is 1. The molecule has 0 aromatic heterocycles. The van der Waals surface area contributed by atoms with E-state index in [0.29, 0.717) is 12.5 Å². The zero-order valence-electron chi connectivity index (χ0n) is 12.2. The molecule has 0 unspecified atom stereocenters. The molecule has 2 N–H and O–H groups in total. The van der Waals surface area contributed by atoms with Crippen LogP contribution in [0.5, 0.6) is 0 Å². The first-order valence-electron chi connectivity index (χ1n) is 7.42. The van der Waals surface area contributed by atoms with Gasteiger partial charge in [0.25, 0.3) is 11.6 Å². The zero-order chi connectivity index (χ0) is 15.2. The summed E-state index contributed by atoms with van der Waals surface area (Å²) in [4.78, 5) is 22.7. The zero-order valence-corrected chi connectivity index (χ0v) is 12.2. The van der Waals surface area contributed by atoms with Gasteiger partial charge in [-0.3, -0.25) is 14.9 Å². The van der Waals surface area contributed by atoms with E-state index in [0.717, 1.165) is 31.5 Å². The summed E-state index contributed by atoms with van der Waals surface area (Å²) in [6, 6.07) is 4.58. The van der Waals surface area contributed by atoms with Gasteiger partial charge in [-0.15, -0.1) is 0 Å². The normalized spacial score (nSPS) is 14.3. The Morgan fingerprint density at radius 2 is 2.19 bits per heavy atom. The van der Waals surface area contributed by atoms with Crippen LogP contribution in [0, 0.1) is 16.0 Å². The Kier molecular flexibility index (Phi) is 5.14. The number of benzene rings is 1. The van der Waals surface area contributed by atoms with E-state index < -0.39 is 4.92 Å². The Bertz CT molecular complexity index is 527. The van der Waals surface area contributed by atoms with E-state index in [-0.39, 0.29) is 17.2 Å². The number of nitro benzene ring substituents is 1. The maximum absolute atomic E-state index is 12.2. The van der Waals surface area contributed by atoms with E-state index in [2.05, 4.69) is 10.6 Å². The third-order valence-electron chi connectivity index (χ3n) is 3.79. The average Bonchev–Trinajstić information content (AvgIpc) is 2.42. The second-order valence-corrected chi connectivity index (χ2v) is 5.42. The number of nitro groups is 1. The second-order valence-electron chi connectivity index (χ2n) is 5.42. The van der Waals surface area contributed by atoms with Crippen LogP contribution in [0.3, 0.4) is 0 Å². The van der Waals surface area contributed by atoms with Crippen molar-refractivity contribution < 1.29 is 9.72 Å². The molecular formula is C15H21N3O3. The number of carbonyl (C=O) groups is 1. The Hall–Kier alpha value is -2.11. The smallest absolute Gasteiger partial charge is 0.282 e. The number of hydrogen-bond acceptors (Lipinski definition) is 4. The third-order valence-corrected chi connectivity index (χ3v) is 3.79. The van der Waals surface area contributed by atoms with Crippen molar-refractivity contribution in [2.45, 2.75) is 32.6 Å². The first-order chi connectivity index (χ1) is 10.1. The van der Waals surface area contributed by atoms with Gasteiger partial charge in [-0.2, -0.15) is 0 Å². The van der Waals surface area contributed by atoms with Crippen molar-refractivity contribution in [1.82, 2.24) is 5.32 Å². The highest BCUT2D eigenvalue weighted by atomic mass is 16.6. The number of nitrogens with one attached hydrogen (secondary N) is 2. The van der Waals surface area contributed by atoms with Gasteiger partial charge in [0.2, 0.25) is 0 Å². The van der Waals surface area contributed by atoms with Gasteiger partial charge in [-0.05, 0) is 37.3 Å². The molecule has 1 aliphatic carbocycles. The Morgan fingerprint density at radius 3 is 2.76 bits per heavy atom. The van der Waals surface area contributed by atoms with Crippen LogP contribution < -0.4 is 10.6 Å². The monoisotopic (exact) mass is 291 g/mol.